The quantitative estimate of drug-likeness (QED) is 0.716. The number of hydrogen-bond acceptors (Lipinski definition) is 5. The van der Waals surface area contributed by atoms with E-state index < -0.39 is 11.8 Å². The van der Waals surface area contributed by atoms with E-state index in [1.54, 1.807) is 0 Å². The molecule has 9 heteroatoms. The number of amides is 3. The number of primary amides is 1. The Labute approximate surface area is 184 Å². The molecule has 3 heterocycles. The lowest BCUT2D eigenvalue weighted by Crippen LogP contribution is -2.31. The summed E-state index contributed by atoms with van der Waals surface area (Å²) in [6.07, 6.45) is 1.83. The number of anilines is 2. The molecule has 1 aromatic carbocycles. The van der Waals surface area contributed by atoms with Gasteiger partial charge in [0.25, 0.3) is 5.91 Å². The Morgan fingerprint density at radius 1 is 1.29 bits per heavy atom. The smallest absolute Gasteiger partial charge is 0.251 e. The number of thiophene rings is 1. The average molecular weight is 445 g/mol. The van der Waals surface area contributed by atoms with E-state index in [0.29, 0.717) is 16.3 Å². The molecule has 0 radical (unpaired) electrons. The zero-order chi connectivity index (χ0) is 22.1. The molecule has 1 atom stereocenters. The van der Waals surface area contributed by atoms with Gasteiger partial charge in [0.2, 0.25) is 11.8 Å². The lowest BCUT2D eigenvalue weighted by atomic mass is 10.0. The molecule has 3 amide bonds. The molecule has 7 nitrogen and oxygen atoms in total. The van der Waals surface area contributed by atoms with Gasteiger partial charge in [-0.3, -0.25) is 19.3 Å². The van der Waals surface area contributed by atoms with Gasteiger partial charge in [-0.1, -0.05) is 6.92 Å². The van der Waals surface area contributed by atoms with Crippen LogP contribution in [-0.4, -0.2) is 42.3 Å². The molecule has 2 aliphatic heterocycles. The Kier molecular flexibility index (Phi) is 6.06. The number of carbonyl (C=O) groups is 3. The van der Waals surface area contributed by atoms with E-state index in [1.165, 1.54) is 40.5 Å². The van der Waals surface area contributed by atoms with Crippen LogP contribution in [-0.2, 0) is 22.6 Å². The summed E-state index contributed by atoms with van der Waals surface area (Å²) in [6, 6.07) is 5.61. The number of halogens is 1. The van der Waals surface area contributed by atoms with E-state index >= 15 is 0 Å². The van der Waals surface area contributed by atoms with Crippen LogP contribution in [0.1, 0.15) is 40.6 Å². The number of benzene rings is 1. The van der Waals surface area contributed by atoms with Gasteiger partial charge in [-0.25, -0.2) is 4.39 Å². The van der Waals surface area contributed by atoms with Crippen LogP contribution in [0.3, 0.4) is 0 Å². The van der Waals surface area contributed by atoms with Crippen molar-refractivity contribution in [3.05, 3.63) is 46.1 Å². The minimum atomic E-state index is -0.561. The summed E-state index contributed by atoms with van der Waals surface area (Å²) in [6.45, 7) is 4.91. The SMILES string of the molecule is CCCN1CCc2c(sc(NC(=O)C3CC(=O)N(c4ccc(F)cc4)C3)c2C(N)=O)C1. The minimum absolute atomic E-state index is 0.0600. The molecule has 4 rings (SSSR count). The zero-order valence-corrected chi connectivity index (χ0v) is 18.1. The van der Waals surface area contributed by atoms with Gasteiger partial charge in [0.05, 0.1) is 11.5 Å². The van der Waals surface area contributed by atoms with Gasteiger partial charge < -0.3 is 16.0 Å². The predicted molar refractivity (Wildman–Crippen MR) is 118 cm³/mol. The van der Waals surface area contributed by atoms with Crippen LogP contribution in [0.25, 0.3) is 0 Å². The second-order valence-corrected chi connectivity index (χ2v) is 9.07. The second-order valence-electron chi connectivity index (χ2n) is 7.97. The lowest BCUT2D eigenvalue weighted by Gasteiger charge is -2.26. The summed E-state index contributed by atoms with van der Waals surface area (Å²) >= 11 is 1.39. The lowest BCUT2D eigenvalue weighted by molar-refractivity contribution is -0.122. The van der Waals surface area contributed by atoms with Crippen molar-refractivity contribution < 1.29 is 18.8 Å². The molecule has 1 unspecified atom stereocenters. The number of hydrogen-bond donors (Lipinski definition) is 2. The third-order valence-corrected chi connectivity index (χ3v) is 6.93. The van der Waals surface area contributed by atoms with E-state index in [1.807, 2.05) is 0 Å². The molecule has 164 valence electrons. The van der Waals surface area contributed by atoms with E-state index in [-0.39, 0.29) is 30.6 Å². The van der Waals surface area contributed by atoms with Crippen LogP contribution in [0, 0.1) is 11.7 Å². The van der Waals surface area contributed by atoms with Crippen molar-refractivity contribution in [2.45, 2.75) is 32.7 Å². The zero-order valence-electron chi connectivity index (χ0n) is 17.3. The van der Waals surface area contributed by atoms with Crippen LogP contribution >= 0.6 is 11.3 Å². The van der Waals surface area contributed by atoms with Gasteiger partial charge in [0.1, 0.15) is 10.8 Å². The molecule has 0 aliphatic carbocycles. The molecule has 1 saturated heterocycles. The molecule has 3 N–H and O–H groups in total. The molecule has 0 bridgehead atoms. The first-order valence-electron chi connectivity index (χ1n) is 10.4. The normalized spacial score (nSPS) is 18.8. The van der Waals surface area contributed by atoms with Gasteiger partial charge in [0.15, 0.2) is 0 Å². The van der Waals surface area contributed by atoms with Crippen LogP contribution in [0.5, 0.6) is 0 Å². The summed E-state index contributed by atoms with van der Waals surface area (Å²) in [5.74, 6) is -2.00. The predicted octanol–water partition coefficient (Wildman–Crippen LogP) is 2.75. The highest BCUT2D eigenvalue weighted by atomic mass is 32.1. The maximum absolute atomic E-state index is 13.2. The van der Waals surface area contributed by atoms with Crippen molar-refractivity contribution >= 4 is 39.7 Å². The molecule has 2 aromatic rings. The Morgan fingerprint density at radius 2 is 2.03 bits per heavy atom. The Bertz CT molecular complexity index is 1020. The van der Waals surface area contributed by atoms with E-state index in [9.17, 15) is 18.8 Å². The molecule has 1 aromatic heterocycles. The number of nitrogens with two attached hydrogens (primary N) is 1. The highest BCUT2D eigenvalue weighted by molar-refractivity contribution is 7.17. The van der Waals surface area contributed by atoms with E-state index in [2.05, 4.69) is 17.1 Å². The number of nitrogens with one attached hydrogen (secondary N) is 1. The van der Waals surface area contributed by atoms with Crippen LogP contribution < -0.4 is 16.0 Å². The summed E-state index contributed by atoms with van der Waals surface area (Å²) < 4.78 is 13.2. The van der Waals surface area contributed by atoms with Gasteiger partial charge in [0, 0.05) is 36.6 Å². The van der Waals surface area contributed by atoms with Crippen LogP contribution in [0.4, 0.5) is 15.1 Å². The van der Waals surface area contributed by atoms with Crippen molar-refractivity contribution in [3.8, 4) is 0 Å². The number of rotatable bonds is 6. The maximum atomic E-state index is 13.2. The maximum Gasteiger partial charge on any atom is 0.251 e. The number of fused-ring (bicyclic) bond motifs is 1. The monoisotopic (exact) mass is 444 g/mol. The third kappa shape index (κ3) is 4.33. The molecule has 31 heavy (non-hydrogen) atoms. The summed E-state index contributed by atoms with van der Waals surface area (Å²) in [5.41, 5.74) is 7.52. The van der Waals surface area contributed by atoms with Crippen LogP contribution in [0.15, 0.2) is 24.3 Å². The molecule has 2 aliphatic rings. The summed E-state index contributed by atoms with van der Waals surface area (Å²) in [5, 5.41) is 3.33. The first kappa shape index (κ1) is 21.5. The summed E-state index contributed by atoms with van der Waals surface area (Å²) in [4.78, 5) is 42.4. The standard InChI is InChI=1S/C22H25FN4O3S/c1-2-8-26-9-7-16-17(12-26)31-22(19(16)20(24)29)25-21(30)13-10-18(28)27(11-13)15-5-3-14(23)4-6-15/h3-6,13H,2,7-12H2,1H3,(H2,24,29)(H,25,30). The van der Waals surface area contributed by atoms with Gasteiger partial charge in [-0.05, 0) is 49.2 Å². The molecular formula is C22H25FN4O3S. The van der Waals surface area contributed by atoms with E-state index in [0.717, 1.165) is 42.9 Å². The first-order valence-corrected chi connectivity index (χ1v) is 11.2. The summed E-state index contributed by atoms with van der Waals surface area (Å²) in [7, 11) is 0. The van der Waals surface area contributed by atoms with Gasteiger partial charge in [-0.2, -0.15) is 0 Å². The Hall–Kier alpha value is -2.78. The largest absolute Gasteiger partial charge is 0.365 e. The average Bonchev–Trinajstić information content (AvgIpc) is 3.29. The minimum Gasteiger partial charge on any atom is -0.365 e. The number of nitrogens with zero attached hydrogens (tertiary/aromatic N) is 2. The van der Waals surface area contributed by atoms with Crippen molar-refractivity contribution in [2.75, 3.05) is 29.9 Å². The molecule has 0 spiro atoms. The van der Waals surface area contributed by atoms with Crippen molar-refractivity contribution in [1.82, 2.24) is 4.90 Å². The highest BCUT2D eigenvalue weighted by Gasteiger charge is 2.36. The number of carbonyl (C=O) groups excluding carboxylic acids is 3. The fourth-order valence-electron chi connectivity index (χ4n) is 4.28. The fourth-order valence-corrected chi connectivity index (χ4v) is 5.58. The molecular weight excluding hydrogens is 419 g/mol. The molecule has 0 saturated carbocycles. The highest BCUT2D eigenvalue weighted by Crippen LogP contribution is 2.37. The third-order valence-electron chi connectivity index (χ3n) is 5.79. The fraction of sp³-hybridized carbons (Fsp3) is 0.409. The van der Waals surface area contributed by atoms with Crippen LogP contribution in [0.2, 0.25) is 0 Å². The van der Waals surface area contributed by atoms with Gasteiger partial charge in [-0.15, -0.1) is 11.3 Å². The Morgan fingerprint density at radius 3 is 2.71 bits per heavy atom. The van der Waals surface area contributed by atoms with Crippen molar-refractivity contribution in [3.63, 3.8) is 0 Å². The molecule has 1 fully saturated rings. The topological polar surface area (TPSA) is 95.7 Å². The first-order chi connectivity index (χ1) is 14.9. The second kappa shape index (κ2) is 8.76. The Balaban J connectivity index is 1.50. The van der Waals surface area contributed by atoms with Crippen molar-refractivity contribution in [2.24, 2.45) is 11.7 Å². The van der Waals surface area contributed by atoms with Gasteiger partial charge >= 0.3 is 0 Å². The van der Waals surface area contributed by atoms with Crippen molar-refractivity contribution in [1.29, 1.82) is 0 Å². The van der Waals surface area contributed by atoms with E-state index in [4.69, 9.17) is 5.73 Å².